The molecule has 3 unspecified atom stereocenters. The molecule has 3 heterocycles. The van der Waals surface area contributed by atoms with E-state index in [1.807, 2.05) is 0 Å². The second-order valence-electron chi connectivity index (χ2n) is 25.8. The molecule has 11 amide bonds. The number of rotatable bonds is 45. The zero-order valence-electron chi connectivity index (χ0n) is 60.0. The number of aliphatic hydroxyl groups is 5. The van der Waals surface area contributed by atoms with Crippen LogP contribution in [0.5, 0.6) is 0 Å². The number of aliphatic carboxylic acids is 2. The van der Waals surface area contributed by atoms with Crippen molar-refractivity contribution < 1.29 is 136 Å². The van der Waals surface area contributed by atoms with E-state index in [0.717, 1.165) is 20.8 Å². The number of benzene rings is 1. The number of nitrogens with one attached hydrogen (secondary N) is 9. The molecule has 23 atom stereocenters. The van der Waals surface area contributed by atoms with E-state index in [0.29, 0.717) is 44.3 Å². The third kappa shape index (κ3) is 28.1. The van der Waals surface area contributed by atoms with Crippen molar-refractivity contribution in [1.82, 2.24) is 47.9 Å². The van der Waals surface area contributed by atoms with Gasteiger partial charge < -0.3 is 144 Å². The monoisotopic (exact) mass is 1520 g/mol. The minimum Gasteiger partial charge on any atom is -0.480 e. The van der Waals surface area contributed by atoms with Crippen LogP contribution in [0.4, 0.5) is 0 Å². The van der Waals surface area contributed by atoms with Crippen molar-refractivity contribution in [2.75, 3.05) is 32.9 Å². The first-order chi connectivity index (χ1) is 50.1. The van der Waals surface area contributed by atoms with Gasteiger partial charge in [-0.2, -0.15) is 0 Å². The minimum atomic E-state index is -2.02. The number of hydrogen-bond donors (Lipinski definition) is 20. The molecular formula is C65H105N13O28. The fraction of sp³-hybridized carbons (Fsp3) is 0.708. The fourth-order valence-electron chi connectivity index (χ4n) is 11.6. The third-order valence-corrected chi connectivity index (χ3v) is 17.3. The summed E-state index contributed by atoms with van der Waals surface area (Å²) in [5.41, 5.74) is 22.6. The number of ether oxygens (including phenoxy) is 8. The topological polar surface area (TPSA) is 650 Å². The Labute approximate surface area is 610 Å². The molecule has 1 aromatic rings. The van der Waals surface area contributed by atoms with Crippen LogP contribution in [0.1, 0.15) is 118 Å². The molecule has 0 radical (unpaired) electrons. The molecule has 3 fully saturated rings. The van der Waals surface area contributed by atoms with Crippen LogP contribution in [0.3, 0.4) is 0 Å². The average Bonchev–Trinajstić information content (AvgIpc) is 0.764. The molecule has 41 heteroatoms. The highest BCUT2D eigenvalue weighted by Gasteiger charge is 2.57. The number of unbranched alkanes of at least 4 members (excludes halogenated alkanes) is 2. The van der Waals surface area contributed by atoms with Gasteiger partial charge in [0.1, 0.15) is 122 Å². The molecule has 3 aliphatic rings. The molecule has 0 aromatic heterocycles. The van der Waals surface area contributed by atoms with Gasteiger partial charge in [0.25, 0.3) is 0 Å². The average molecular weight is 1520 g/mol. The summed E-state index contributed by atoms with van der Waals surface area (Å²) in [6.45, 7) is 5.26. The van der Waals surface area contributed by atoms with Crippen molar-refractivity contribution in [3.8, 4) is 0 Å². The van der Waals surface area contributed by atoms with E-state index in [4.69, 9.17) is 60.8 Å². The van der Waals surface area contributed by atoms with Gasteiger partial charge in [-0.25, -0.2) is 9.59 Å². The lowest BCUT2D eigenvalue weighted by Gasteiger charge is -2.51. The SMILES string of the molecule is CC(=O)N[C@H]1[C@H](O[C@H]2[C@H](OC(C)C(=O)N[C@@H](C)C(=O)N[C@H](CCC(=O)N[C@@H](CCCCN)C(=O)O)C(N)=O)[C@@H](NC(C)=O)C(O)O[C@@H]2CO)O[C@H](CO)[C@@H](O[C@@H]2O[C@H](CO)[C@@H](O)[C@H](OC(C)C(=O)N[C@@H](C)C(=O)N[C@H](CCC(=O)N[C@@H](CCCCN)C(=O)O)C(N)=O)[C@H]2NC(C)=O)[C@@H]1OCc1ccccc1. The van der Waals surface area contributed by atoms with Crippen LogP contribution in [0.25, 0.3) is 0 Å². The Morgan fingerprint density at radius 2 is 0.868 bits per heavy atom. The Hall–Kier alpha value is -8.27. The number of carboxylic acids is 2. The van der Waals surface area contributed by atoms with Gasteiger partial charge in [0, 0.05) is 33.6 Å². The number of hydrogen-bond acceptors (Lipinski definition) is 28. The van der Waals surface area contributed by atoms with Crippen molar-refractivity contribution in [3.63, 3.8) is 0 Å². The Bertz CT molecular complexity index is 3090. The number of aliphatic hydroxyl groups excluding tert-OH is 5. The summed E-state index contributed by atoms with van der Waals surface area (Å²) in [6.07, 6.45) is -24.5. The van der Waals surface area contributed by atoms with Crippen LogP contribution in [0, 0.1) is 0 Å². The molecule has 106 heavy (non-hydrogen) atoms. The highest BCUT2D eigenvalue weighted by atomic mass is 16.7. The summed E-state index contributed by atoms with van der Waals surface area (Å²) >= 11 is 0. The number of primary amides is 2. The van der Waals surface area contributed by atoms with Gasteiger partial charge >= 0.3 is 11.9 Å². The maximum atomic E-state index is 14.0. The summed E-state index contributed by atoms with van der Waals surface area (Å²) in [5.74, 6) is -12.8. The third-order valence-electron chi connectivity index (χ3n) is 17.3. The van der Waals surface area contributed by atoms with Crippen LogP contribution in [-0.2, 0) is 107 Å². The van der Waals surface area contributed by atoms with Crippen LogP contribution in [0.15, 0.2) is 30.3 Å². The molecule has 3 aliphatic heterocycles. The molecule has 24 N–H and O–H groups in total. The second kappa shape index (κ2) is 44.8. The fourth-order valence-corrected chi connectivity index (χ4v) is 11.6. The van der Waals surface area contributed by atoms with Crippen molar-refractivity contribution in [1.29, 1.82) is 0 Å². The molecule has 0 aliphatic carbocycles. The minimum absolute atomic E-state index is 0.0703. The lowest BCUT2D eigenvalue weighted by atomic mass is 9.93. The molecule has 0 saturated carbocycles. The highest BCUT2D eigenvalue weighted by Crippen LogP contribution is 2.36. The largest absolute Gasteiger partial charge is 0.480 e. The standard InChI is InChI=1S/C65H105N13O28/c1-29(57(90)77-37(55(68)88)19-21-44(85)75-39(61(94)95)17-11-13-23-66)70-59(92)31(3)100-52-47(73-34(6)83)64(103-41(25-79)49(52)87)105-50-43(27-81)104-65(48(74-35(7)84)53(50)99-28-36-15-9-8-10-16-36)106-51-42(26-80)102-63(98)46(72-33(5)82)54(51)101-32(4)60(93)71-30(2)58(91)78-38(56(69)89)20-22-45(86)76-40(62(96)97)18-12-14-24-67/h8-10,15-16,29-32,37-43,46-54,63-65,79-81,87,98H,11-14,17-28,66-67H2,1-7H3,(H2,68,88)(H2,69,89)(H,70,92)(H,71,93)(H,72,82)(H,73,83)(H,74,84)(H,75,85)(H,76,86)(H,77,90)(H,78,91)(H,94,95)(H,96,97)/t29-,30-,31?,32?,37+,38+,39-,40-,41+,42+,43+,46+,47+,48+,49+,50+,51+,52+,53+,54+,63?,64-,65-/m0/s1. The normalized spacial score (nSPS) is 26.6. The van der Waals surface area contributed by atoms with E-state index in [2.05, 4.69) is 47.9 Å². The van der Waals surface area contributed by atoms with Gasteiger partial charge in [0.15, 0.2) is 18.9 Å². The molecule has 0 bridgehead atoms. The molecule has 0 spiro atoms. The number of carboxylic acid groups (broad SMARTS) is 2. The van der Waals surface area contributed by atoms with Crippen molar-refractivity contribution >= 4 is 76.9 Å². The van der Waals surface area contributed by atoms with Crippen molar-refractivity contribution in [3.05, 3.63) is 35.9 Å². The van der Waals surface area contributed by atoms with Gasteiger partial charge in [-0.1, -0.05) is 30.3 Å². The van der Waals surface area contributed by atoms with Gasteiger partial charge in [-0.15, -0.1) is 0 Å². The van der Waals surface area contributed by atoms with Crippen molar-refractivity contribution in [2.45, 2.75) is 260 Å². The number of nitrogens with two attached hydrogens (primary N) is 4. The van der Waals surface area contributed by atoms with Gasteiger partial charge in [-0.3, -0.25) is 52.7 Å². The number of carbonyl (C=O) groups is 13. The summed E-state index contributed by atoms with van der Waals surface area (Å²) in [7, 11) is 0. The van der Waals surface area contributed by atoms with E-state index < -0.39 is 250 Å². The highest BCUT2D eigenvalue weighted by molar-refractivity contribution is 5.94. The van der Waals surface area contributed by atoms with E-state index in [-0.39, 0.29) is 32.3 Å². The van der Waals surface area contributed by atoms with Gasteiger partial charge in [0.2, 0.25) is 65.0 Å². The van der Waals surface area contributed by atoms with Crippen LogP contribution in [0.2, 0.25) is 0 Å². The first-order valence-corrected chi connectivity index (χ1v) is 34.6. The molecule has 4 rings (SSSR count). The molecule has 1 aromatic carbocycles. The first kappa shape index (κ1) is 90.1. The predicted octanol–water partition coefficient (Wildman–Crippen LogP) is -8.18. The van der Waals surface area contributed by atoms with E-state index in [1.165, 1.54) is 27.7 Å². The number of amides is 11. The zero-order chi connectivity index (χ0) is 79.2. The lowest BCUT2D eigenvalue weighted by molar-refractivity contribution is -0.358. The summed E-state index contributed by atoms with van der Waals surface area (Å²) < 4.78 is 50.5. The summed E-state index contributed by atoms with van der Waals surface area (Å²) in [5, 5.41) is 97.2. The van der Waals surface area contributed by atoms with E-state index in [9.17, 15) is 98.1 Å². The van der Waals surface area contributed by atoms with Crippen LogP contribution in [-0.4, -0.2) is 286 Å². The van der Waals surface area contributed by atoms with Crippen molar-refractivity contribution in [2.24, 2.45) is 22.9 Å². The maximum absolute atomic E-state index is 14.0. The van der Waals surface area contributed by atoms with Gasteiger partial charge in [0.05, 0.1) is 26.4 Å². The maximum Gasteiger partial charge on any atom is 0.326 e. The van der Waals surface area contributed by atoms with Crippen LogP contribution >= 0.6 is 0 Å². The number of carbonyl (C=O) groups excluding carboxylic acids is 11. The lowest BCUT2D eigenvalue weighted by Crippen LogP contribution is -2.72. The molecule has 598 valence electrons. The first-order valence-electron chi connectivity index (χ1n) is 34.6. The quantitative estimate of drug-likeness (QED) is 0.0270. The van der Waals surface area contributed by atoms with E-state index in [1.54, 1.807) is 30.3 Å². The second-order valence-corrected chi connectivity index (χ2v) is 25.8. The Morgan fingerprint density at radius 3 is 1.27 bits per heavy atom. The van der Waals surface area contributed by atoms with Gasteiger partial charge in [-0.05, 0) is 97.7 Å². The smallest absolute Gasteiger partial charge is 0.326 e. The summed E-state index contributed by atoms with van der Waals surface area (Å²) in [4.78, 5) is 168. The zero-order valence-corrected chi connectivity index (χ0v) is 60.0. The molecular weight excluding hydrogens is 1410 g/mol. The van der Waals surface area contributed by atoms with Crippen LogP contribution < -0.4 is 70.8 Å². The predicted molar refractivity (Wildman–Crippen MR) is 363 cm³/mol. The Morgan fingerprint density at radius 1 is 0.472 bits per heavy atom. The molecule has 3 saturated heterocycles. The Balaban J connectivity index is 1.66. The molecule has 41 nitrogen and oxygen atoms in total. The van der Waals surface area contributed by atoms with E-state index >= 15 is 0 Å². The summed E-state index contributed by atoms with van der Waals surface area (Å²) in [6, 6.07) is -5.12. The Kier molecular flexibility index (Phi) is 38.1.